The Morgan fingerprint density at radius 2 is 1.62 bits per heavy atom. The number of benzene rings is 1. The van der Waals surface area contributed by atoms with Crippen LogP contribution in [-0.2, 0) is 16.3 Å². The monoisotopic (exact) mass is 349 g/mol. The molecule has 0 spiro atoms. The van der Waals surface area contributed by atoms with Crippen molar-refractivity contribution in [1.29, 1.82) is 0 Å². The summed E-state index contributed by atoms with van der Waals surface area (Å²) < 4.78 is 28.6. The van der Waals surface area contributed by atoms with E-state index in [0.29, 0.717) is 5.75 Å². The lowest BCUT2D eigenvalue weighted by atomic mass is 10.0. The standard InChI is InChI=1S/C19H27NO3S/c1-16(2)24(21,22)15-7-5-3-4-6-8-17-9-11-18(12-10-17)19-13-14-20-23-19/h9-14,16H,3-8,15H2,1-2H3. The van der Waals surface area contributed by atoms with E-state index >= 15 is 0 Å². The summed E-state index contributed by atoms with van der Waals surface area (Å²) in [5.41, 5.74) is 2.36. The van der Waals surface area contributed by atoms with E-state index in [9.17, 15) is 8.42 Å². The molecule has 1 aromatic heterocycles. The molecular weight excluding hydrogens is 322 g/mol. The summed E-state index contributed by atoms with van der Waals surface area (Å²) in [6.45, 7) is 3.51. The summed E-state index contributed by atoms with van der Waals surface area (Å²) in [6, 6.07) is 10.2. The Morgan fingerprint density at radius 1 is 0.958 bits per heavy atom. The van der Waals surface area contributed by atoms with Gasteiger partial charge >= 0.3 is 0 Å². The molecule has 0 saturated heterocycles. The van der Waals surface area contributed by atoms with E-state index in [1.54, 1.807) is 20.0 Å². The molecule has 5 heteroatoms. The van der Waals surface area contributed by atoms with Crippen LogP contribution in [0, 0.1) is 0 Å². The summed E-state index contributed by atoms with van der Waals surface area (Å²) in [6.07, 6.45) is 7.87. The fourth-order valence-corrected chi connectivity index (χ4v) is 3.68. The molecule has 0 aliphatic carbocycles. The molecule has 4 nitrogen and oxygen atoms in total. The largest absolute Gasteiger partial charge is 0.356 e. The molecule has 0 saturated carbocycles. The number of hydrogen-bond donors (Lipinski definition) is 0. The number of aromatic nitrogens is 1. The van der Waals surface area contributed by atoms with Crippen LogP contribution in [0.25, 0.3) is 11.3 Å². The van der Waals surface area contributed by atoms with Gasteiger partial charge < -0.3 is 4.52 Å². The lowest BCUT2D eigenvalue weighted by molar-refractivity contribution is 0.432. The summed E-state index contributed by atoms with van der Waals surface area (Å²) in [4.78, 5) is 0. The number of sulfone groups is 1. The molecule has 0 N–H and O–H groups in total. The van der Waals surface area contributed by atoms with Crippen molar-refractivity contribution in [2.75, 3.05) is 5.75 Å². The highest BCUT2D eigenvalue weighted by atomic mass is 32.2. The van der Waals surface area contributed by atoms with Crippen molar-refractivity contribution in [2.45, 2.75) is 57.6 Å². The molecule has 0 fully saturated rings. The second-order valence-electron chi connectivity index (χ2n) is 6.51. The van der Waals surface area contributed by atoms with Gasteiger partial charge in [0, 0.05) is 11.6 Å². The zero-order chi connectivity index (χ0) is 17.4. The quantitative estimate of drug-likeness (QED) is 0.585. The van der Waals surface area contributed by atoms with Gasteiger partial charge in [0.05, 0.1) is 17.2 Å². The van der Waals surface area contributed by atoms with Crippen LogP contribution in [0.2, 0.25) is 0 Å². The van der Waals surface area contributed by atoms with Crippen LogP contribution in [0.4, 0.5) is 0 Å². The summed E-state index contributed by atoms with van der Waals surface area (Å²) in [5, 5.41) is 3.47. The Morgan fingerprint density at radius 3 is 2.25 bits per heavy atom. The lowest BCUT2D eigenvalue weighted by Crippen LogP contribution is -2.17. The summed E-state index contributed by atoms with van der Waals surface area (Å²) >= 11 is 0. The molecule has 0 aliphatic heterocycles. The smallest absolute Gasteiger partial charge is 0.166 e. The van der Waals surface area contributed by atoms with Crippen LogP contribution in [0.3, 0.4) is 0 Å². The maximum absolute atomic E-state index is 11.7. The topological polar surface area (TPSA) is 60.2 Å². The molecule has 0 unspecified atom stereocenters. The third-order valence-corrected chi connectivity index (χ3v) is 6.58. The van der Waals surface area contributed by atoms with E-state index in [2.05, 4.69) is 29.4 Å². The molecule has 0 amide bonds. The Hall–Kier alpha value is -1.62. The first-order chi connectivity index (χ1) is 11.5. The molecule has 0 bridgehead atoms. The van der Waals surface area contributed by atoms with Crippen molar-refractivity contribution < 1.29 is 12.9 Å². The molecule has 2 rings (SSSR count). The van der Waals surface area contributed by atoms with Crippen LogP contribution >= 0.6 is 0 Å². The first-order valence-corrected chi connectivity index (χ1v) is 10.4. The maximum atomic E-state index is 11.7. The Kier molecular flexibility index (Phi) is 7.03. The molecule has 24 heavy (non-hydrogen) atoms. The predicted octanol–water partition coefficient (Wildman–Crippen LogP) is 4.66. The molecule has 132 valence electrons. The van der Waals surface area contributed by atoms with Crippen LogP contribution in [0.15, 0.2) is 41.1 Å². The maximum Gasteiger partial charge on any atom is 0.166 e. The van der Waals surface area contributed by atoms with E-state index < -0.39 is 9.84 Å². The highest BCUT2D eigenvalue weighted by molar-refractivity contribution is 7.91. The van der Waals surface area contributed by atoms with Gasteiger partial charge in [0.25, 0.3) is 0 Å². The van der Waals surface area contributed by atoms with E-state index in [4.69, 9.17) is 4.52 Å². The zero-order valence-electron chi connectivity index (χ0n) is 14.6. The number of hydrogen-bond acceptors (Lipinski definition) is 4. The van der Waals surface area contributed by atoms with Crippen LogP contribution in [0.1, 0.15) is 51.5 Å². The third kappa shape index (κ3) is 5.78. The highest BCUT2D eigenvalue weighted by Gasteiger charge is 2.14. The van der Waals surface area contributed by atoms with Gasteiger partial charge in [-0.1, -0.05) is 48.7 Å². The average Bonchev–Trinajstić information content (AvgIpc) is 3.09. The SMILES string of the molecule is CC(C)S(=O)(=O)CCCCCCCc1ccc(-c2ccno2)cc1. The average molecular weight is 349 g/mol. The lowest BCUT2D eigenvalue weighted by Gasteiger charge is -2.07. The van der Waals surface area contributed by atoms with Crippen molar-refractivity contribution >= 4 is 9.84 Å². The fourth-order valence-electron chi connectivity index (χ4n) is 2.60. The number of aryl methyl sites for hydroxylation is 1. The normalized spacial score (nSPS) is 12.0. The van der Waals surface area contributed by atoms with Crippen molar-refractivity contribution in [2.24, 2.45) is 0 Å². The van der Waals surface area contributed by atoms with Crippen molar-refractivity contribution in [3.8, 4) is 11.3 Å². The van der Waals surface area contributed by atoms with Gasteiger partial charge in [0.1, 0.15) is 0 Å². The molecule has 0 radical (unpaired) electrons. The van der Waals surface area contributed by atoms with Crippen LogP contribution < -0.4 is 0 Å². The minimum Gasteiger partial charge on any atom is -0.356 e. The van der Waals surface area contributed by atoms with E-state index in [1.807, 2.05) is 6.07 Å². The van der Waals surface area contributed by atoms with Gasteiger partial charge in [-0.25, -0.2) is 8.42 Å². The molecule has 1 aromatic carbocycles. The summed E-state index contributed by atoms with van der Waals surface area (Å²) in [7, 11) is -2.87. The Balaban J connectivity index is 1.61. The van der Waals surface area contributed by atoms with Gasteiger partial charge in [0.2, 0.25) is 0 Å². The Bertz CT molecular complexity index is 689. The molecule has 0 aliphatic rings. The van der Waals surface area contributed by atoms with Crippen molar-refractivity contribution in [1.82, 2.24) is 5.16 Å². The summed E-state index contributed by atoms with van der Waals surface area (Å²) in [5.74, 6) is 1.12. The minimum atomic E-state index is -2.87. The predicted molar refractivity (Wildman–Crippen MR) is 97.7 cm³/mol. The minimum absolute atomic E-state index is 0.252. The molecular formula is C19H27NO3S. The van der Waals surface area contributed by atoms with Gasteiger partial charge in [-0.2, -0.15) is 0 Å². The zero-order valence-corrected chi connectivity index (χ0v) is 15.4. The van der Waals surface area contributed by atoms with Gasteiger partial charge in [-0.05, 0) is 38.7 Å². The molecule has 1 heterocycles. The number of rotatable bonds is 10. The fraction of sp³-hybridized carbons (Fsp3) is 0.526. The van der Waals surface area contributed by atoms with Crippen LogP contribution in [0.5, 0.6) is 0 Å². The van der Waals surface area contributed by atoms with Crippen molar-refractivity contribution in [3.05, 3.63) is 42.1 Å². The second-order valence-corrected chi connectivity index (χ2v) is 9.18. The number of unbranched alkanes of at least 4 members (excludes halogenated alkanes) is 4. The highest BCUT2D eigenvalue weighted by Crippen LogP contribution is 2.19. The Labute approximate surface area is 145 Å². The first kappa shape index (κ1) is 18.7. The van der Waals surface area contributed by atoms with E-state index in [-0.39, 0.29) is 5.25 Å². The third-order valence-electron chi connectivity index (χ3n) is 4.29. The van der Waals surface area contributed by atoms with Gasteiger partial charge in [0.15, 0.2) is 15.6 Å². The van der Waals surface area contributed by atoms with Gasteiger partial charge in [-0.3, -0.25) is 0 Å². The second kappa shape index (κ2) is 9.02. The number of nitrogens with zero attached hydrogens (tertiary/aromatic N) is 1. The van der Waals surface area contributed by atoms with E-state index in [0.717, 1.165) is 49.8 Å². The van der Waals surface area contributed by atoms with Crippen molar-refractivity contribution in [3.63, 3.8) is 0 Å². The first-order valence-electron chi connectivity index (χ1n) is 8.70. The molecule has 2 aromatic rings. The van der Waals surface area contributed by atoms with Crippen LogP contribution in [-0.4, -0.2) is 24.6 Å². The van der Waals surface area contributed by atoms with E-state index in [1.165, 1.54) is 5.56 Å². The molecule has 0 atom stereocenters. The van der Waals surface area contributed by atoms with Gasteiger partial charge in [-0.15, -0.1) is 0 Å².